The third-order valence-corrected chi connectivity index (χ3v) is 3.49. The number of aromatic nitrogens is 4. The fourth-order valence-corrected chi connectivity index (χ4v) is 2.38. The minimum atomic E-state index is -4.67. The second-order valence-corrected chi connectivity index (χ2v) is 4.99. The third kappa shape index (κ3) is 2.72. The first-order chi connectivity index (χ1) is 10.8. The summed E-state index contributed by atoms with van der Waals surface area (Å²) in [5.41, 5.74) is 5.32. The van der Waals surface area contributed by atoms with E-state index in [4.69, 9.17) is 11.1 Å². The Kier molecular flexibility index (Phi) is 3.47. The molecule has 0 spiro atoms. The Morgan fingerprint density at radius 1 is 1.30 bits per heavy atom. The van der Waals surface area contributed by atoms with E-state index in [1.54, 1.807) is 4.90 Å². The molecule has 2 aromatic heterocycles. The maximum absolute atomic E-state index is 12.9. The maximum atomic E-state index is 12.9. The summed E-state index contributed by atoms with van der Waals surface area (Å²) >= 11 is 0. The van der Waals surface area contributed by atoms with E-state index in [-0.39, 0.29) is 30.5 Å². The predicted octanol–water partition coefficient (Wildman–Crippen LogP) is -0.523. The summed E-state index contributed by atoms with van der Waals surface area (Å²) in [6.45, 7) is 0.657. The average molecular weight is 330 g/mol. The van der Waals surface area contributed by atoms with Crippen LogP contribution in [0.25, 0.3) is 5.65 Å². The van der Waals surface area contributed by atoms with Crippen LogP contribution in [-0.4, -0.2) is 61.6 Å². The number of nitrogens with two attached hydrogens (primary N) is 1. The van der Waals surface area contributed by atoms with Gasteiger partial charge in [0.2, 0.25) is 0 Å². The number of aliphatic hydroxyl groups is 1. The molecule has 1 unspecified atom stereocenters. The summed E-state index contributed by atoms with van der Waals surface area (Å²) < 4.78 is 39.2. The van der Waals surface area contributed by atoms with E-state index in [0.29, 0.717) is 11.1 Å². The zero-order chi connectivity index (χ0) is 16.8. The fourth-order valence-electron chi connectivity index (χ4n) is 2.38. The van der Waals surface area contributed by atoms with Crippen molar-refractivity contribution in [3.05, 3.63) is 18.0 Å². The molecule has 0 bridgehead atoms. The van der Waals surface area contributed by atoms with E-state index in [1.165, 1.54) is 17.0 Å². The molecule has 0 amide bonds. The van der Waals surface area contributed by atoms with Crippen LogP contribution in [0, 0.1) is 5.41 Å². The fraction of sp³-hybridized carbons (Fsp3) is 0.455. The van der Waals surface area contributed by atoms with Gasteiger partial charge in [0.1, 0.15) is 12.0 Å². The smallest absolute Gasteiger partial charge is 0.372 e. The number of β-amino-alcohol motifs (C(OH)–C–C–N with tert-alkyl or cyclic N) is 1. The van der Waals surface area contributed by atoms with Gasteiger partial charge in [-0.15, -0.1) is 15.3 Å². The molecular weight excluding hydrogens is 317 g/mol. The number of halogens is 3. The van der Waals surface area contributed by atoms with Gasteiger partial charge in [-0.1, -0.05) is 0 Å². The van der Waals surface area contributed by atoms with Crippen LogP contribution in [0.2, 0.25) is 0 Å². The molecule has 0 aliphatic carbocycles. The highest BCUT2D eigenvalue weighted by Gasteiger charge is 2.38. The van der Waals surface area contributed by atoms with Gasteiger partial charge in [-0.25, -0.2) is 0 Å². The number of fused-ring (bicyclic) bond motifs is 1. The van der Waals surface area contributed by atoms with E-state index >= 15 is 0 Å². The standard InChI is InChI=1S/C11H13F3N8O/c12-11(13,14)9-18-17-6-1-2-7(19-22(6)9)20-3-4-21(10(15)16)8(23)5-20/h1-2,8,23H,3-5H2,(H3,15,16). The molecule has 2 aromatic rings. The zero-order valence-electron chi connectivity index (χ0n) is 11.7. The van der Waals surface area contributed by atoms with Crippen molar-refractivity contribution < 1.29 is 18.3 Å². The molecule has 9 nitrogen and oxygen atoms in total. The van der Waals surface area contributed by atoms with Crippen molar-refractivity contribution in [2.24, 2.45) is 5.73 Å². The summed E-state index contributed by atoms with van der Waals surface area (Å²) in [5.74, 6) is -1.24. The topological polar surface area (TPSA) is 120 Å². The third-order valence-electron chi connectivity index (χ3n) is 3.49. The van der Waals surface area contributed by atoms with Crippen LogP contribution in [0.3, 0.4) is 0 Å². The SMILES string of the molecule is N=C(N)N1CCN(c2ccc3nnc(C(F)(F)F)n3n2)CC1O. The lowest BCUT2D eigenvalue weighted by molar-refractivity contribution is -0.146. The lowest BCUT2D eigenvalue weighted by atomic mass is 10.3. The molecule has 23 heavy (non-hydrogen) atoms. The van der Waals surface area contributed by atoms with Crippen molar-refractivity contribution in [1.82, 2.24) is 24.7 Å². The molecule has 3 rings (SSSR count). The molecular formula is C11H13F3N8O. The van der Waals surface area contributed by atoms with Gasteiger partial charge in [0, 0.05) is 13.1 Å². The van der Waals surface area contributed by atoms with Gasteiger partial charge >= 0.3 is 6.18 Å². The van der Waals surface area contributed by atoms with Gasteiger partial charge in [0.05, 0.1) is 6.54 Å². The van der Waals surface area contributed by atoms with Crippen molar-refractivity contribution in [1.29, 1.82) is 5.41 Å². The number of nitrogens with one attached hydrogen (secondary N) is 1. The van der Waals surface area contributed by atoms with E-state index in [1.807, 2.05) is 0 Å². The highest BCUT2D eigenvalue weighted by molar-refractivity contribution is 5.75. The lowest BCUT2D eigenvalue weighted by Gasteiger charge is -2.39. The first kappa shape index (κ1) is 15.3. The first-order valence-electron chi connectivity index (χ1n) is 6.60. The van der Waals surface area contributed by atoms with Crippen molar-refractivity contribution >= 4 is 17.4 Å². The molecule has 1 atom stereocenters. The van der Waals surface area contributed by atoms with Gasteiger partial charge in [0.15, 0.2) is 11.6 Å². The average Bonchev–Trinajstić information content (AvgIpc) is 2.89. The Morgan fingerprint density at radius 2 is 2.04 bits per heavy atom. The summed E-state index contributed by atoms with van der Waals surface area (Å²) in [6, 6.07) is 2.87. The number of aliphatic hydroxyl groups excluding tert-OH is 1. The summed E-state index contributed by atoms with van der Waals surface area (Å²) in [6.07, 6.45) is -5.71. The maximum Gasteiger partial charge on any atom is 0.453 e. The van der Waals surface area contributed by atoms with E-state index in [2.05, 4.69) is 15.3 Å². The molecule has 0 saturated carbocycles. The van der Waals surface area contributed by atoms with Gasteiger partial charge in [-0.05, 0) is 12.1 Å². The van der Waals surface area contributed by atoms with Crippen molar-refractivity contribution in [2.45, 2.75) is 12.4 Å². The molecule has 1 aliphatic heterocycles. The molecule has 0 aromatic carbocycles. The van der Waals surface area contributed by atoms with E-state index in [0.717, 1.165) is 0 Å². The highest BCUT2D eigenvalue weighted by Crippen LogP contribution is 2.28. The number of anilines is 1. The van der Waals surface area contributed by atoms with Crippen molar-refractivity contribution in [3.8, 4) is 0 Å². The Bertz CT molecular complexity index is 744. The minimum Gasteiger partial charge on any atom is -0.372 e. The monoisotopic (exact) mass is 330 g/mol. The second-order valence-electron chi connectivity index (χ2n) is 4.99. The minimum absolute atomic E-state index is 0.0241. The van der Waals surface area contributed by atoms with Crippen LogP contribution in [0.1, 0.15) is 5.82 Å². The molecule has 12 heteroatoms. The summed E-state index contributed by atoms with van der Waals surface area (Å²) in [4.78, 5) is 2.89. The predicted molar refractivity (Wildman–Crippen MR) is 72.6 cm³/mol. The largest absolute Gasteiger partial charge is 0.453 e. The molecule has 0 radical (unpaired) electrons. The van der Waals surface area contributed by atoms with Crippen molar-refractivity contribution in [3.63, 3.8) is 0 Å². The van der Waals surface area contributed by atoms with Gasteiger partial charge < -0.3 is 20.6 Å². The van der Waals surface area contributed by atoms with Crippen LogP contribution in [0.4, 0.5) is 19.0 Å². The number of alkyl halides is 3. The Balaban J connectivity index is 1.91. The van der Waals surface area contributed by atoms with Crippen LogP contribution in [-0.2, 0) is 6.18 Å². The second kappa shape index (κ2) is 5.22. The van der Waals surface area contributed by atoms with Crippen LogP contribution in [0.15, 0.2) is 12.1 Å². The molecule has 124 valence electrons. The number of hydrogen-bond acceptors (Lipinski definition) is 6. The number of hydrogen-bond donors (Lipinski definition) is 3. The quantitative estimate of drug-likeness (QED) is 0.475. The normalized spacial score (nSPS) is 19.4. The van der Waals surface area contributed by atoms with E-state index < -0.39 is 18.2 Å². The van der Waals surface area contributed by atoms with E-state index in [9.17, 15) is 18.3 Å². The highest BCUT2D eigenvalue weighted by atomic mass is 19.4. The van der Waals surface area contributed by atoms with Crippen LogP contribution >= 0.6 is 0 Å². The number of guanidine groups is 1. The Labute approximate surface area is 127 Å². The summed E-state index contributed by atoms with van der Waals surface area (Å²) in [7, 11) is 0. The first-order valence-corrected chi connectivity index (χ1v) is 6.60. The van der Waals surface area contributed by atoms with Crippen LogP contribution in [0.5, 0.6) is 0 Å². The molecule has 1 fully saturated rings. The van der Waals surface area contributed by atoms with Crippen LogP contribution < -0.4 is 10.6 Å². The van der Waals surface area contributed by atoms with Gasteiger partial charge in [-0.2, -0.15) is 17.7 Å². The lowest BCUT2D eigenvalue weighted by Crippen LogP contribution is -2.57. The number of nitrogens with zero attached hydrogens (tertiary/aromatic N) is 6. The Morgan fingerprint density at radius 3 is 2.65 bits per heavy atom. The molecule has 1 saturated heterocycles. The number of rotatable bonds is 1. The number of piperazine rings is 1. The molecule has 3 heterocycles. The molecule has 4 N–H and O–H groups in total. The van der Waals surface area contributed by atoms with Crippen molar-refractivity contribution in [2.75, 3.05) is 24.5 Å². The van der Waals surface area contributed by atoms with Gasteiger partial charge in [-0.3, -0.25) is 5.41 Å². The summed E-state index contributed by atoms with van der Waals surface area (Å²) in [5, 5.41) is 27.7. The van der Waals surface area contributed by atoms with Gasteiger partial charge in [0.25, 0.3) is 5.82 Å². The zero-order valence-corrected chi connectivity index (χ0v) is 11.7. The molecule has 1 aliphatic rings. The Hall–Kier alpha value is -2.63.